The molecule has 1 saturated carbocycles. The van der Waals surface area contributed by atoms with Crippen LogP contribution in [-0.2, 0) is 16.9 Å². The SMILES string of the molecule is O=C(CNc1cccc(CO)c1)NC1(c2ccccc2)CCC1. The average molecular weight is 310 g/mol. The zero-order chi connectivity index (χ0) is 16.1. The highest BCUT2D eigenvalue weighted by atomic mass is 16.3. The van der Waals surface area contributed by atoms with Gasteiger partial charge in [-0.3, -0.25) is 4.79 Å². The molecule has 0 aromatic heterocycles. The molecule has 0 atom stereocenters. The fraction of sp³-hybridized carbons (Fsp3) is 0.316. The summed E-state index contributed by atoms with van der Waals surface area (Å²) in [6.45, 7) is 0.225. The third-order valence-electron chi connectivity index (χ3n) is 4.47. The molecule has 1 aliphatic rings. The average Bonchev–Trinajstić information content (AvgIpc) is 2.57. The monoisotopic (exact) mass is 310 g/mol. The highest BCUT2D eigenvalue weighted by molar-refractivity contribution is 5.81. The largest absolute Gasteiger partial charge is 0.392 e. The van der Waals surface area contributed by atoms with Gasteiger partial charge >= 0.3 is 0 Å². The second-order valence-electron chi connectivity index (χ2n) is 6.06. The van der Waals surface area contributed by atoms with Crippen molar-refractivity contribution in [2.24, 2.45) is 0 Å². The van der Waals surface area contributed by atoms with Gasteiger partial charge < -0.3 is 15.7 Å². The molecule has 0 heterocycles. The Morgan fingerprint density at radius 1 is 1.09 bits per heavy atom. The maximum absolute atomic E-state index is 12.3. The molecule has 1 aliphatic carbocycles. The van der Waals surface area contributed by atoms with Crippen molar-refractivity contribution in [3.8, 4) is 0 Å². The van der Waals surface area contributed by atoms with Crippen molar-refractivity contribution in [2.75, 3.05) is 11.9 Å². The number of hydrogen-bond donors (Lipinski definition) is 3. The van der Waals surface area contributed by atoms with Crippen molar-refractivity contribution in [2.45, 2.75) is 31.4 Å². The van der Waals surface area contributed by atoms with Gasteiger partial charge in [0.1, 0.15) is 0 Å². The molecule has 0 unspecified atom stereocenters. The number of hydrogen-bond acceptors (Lipinski definition) is 3. The lowest BCUT2D eigenvalue weighted by Crippen LogP contribution is -2.52. The van der Waals surface area contributed by atoms with E-state index in [9.17, 15) is 4.79 Å². The third-order valence-corrected chi connectivity index (χ3v) is 4.47. The Kier molecular flexibility index (Phi) is 4.63. The number of amides is 1. The lowest BCUT2D eigenvalue weighted by Gasteiger charge is -2.43. The molecule has 0 aliphatic heterocycles. The highest BCUT2D eigenvalue weighted by Gasteiger charge is 2.39. The number of aliphatic hydroxyl groups is 1. The molecule has 0 spiro atoms. The van der Waals surface area contributed by atoms with E-state index in [2.05, 4.69) is 22.8 Å². The Labute approximate surface area is 136 Å². The van der Waals surface area contributed by atoms with Crippen molar-refractivity contribution in [1.29, 1.82) is 0 Å². The topological polar surface area (TPSA) is 61.4 Å². The number of rotatable bonds is 6. The molecule has 3 rings (SSSR count). The van der Waals surface area contributed by atoms with E-state index in [-0.39, 0.29) is 24.6 Å². The minimum Gasteiger partial charge on any atom is -0.392 e. The van der Waals surface area contributed by atoms with Crippen molar-refractivity contribution in [3.05, 3.63) is 65.7 Å². The summed E-state index contributed by atoms with van der Waals surface area (Å²) in [7, 11) is 0. The predicted molar refractivity (Wildman–Crippen MR) is 91.0 cm³/mol. The van der Waals surface area contributed by atoms with Crippen LogP contribution in [0.2, 0.25) is 0 Å². The summed E-state index contributed by atoms with van der Waals surface area (Å²) < 4.78 is 0. The van der Waals surface area contributed by atoms with E-state index in [1.807, 2.05) is 42.5 Å². The van der Waals surface area contributed by atoms with E-state index in [1.165, 1.54) is 5.56 Å². The number of benzene rings is 2. The van der Waals surface area contributed by atoms with Gasteiger partial charge in [0, 0.05) is 5.69 Å². The maximum Gasteiger partial charge on any atom is 0.239 e. The molecular formula is C19H22N2O2. The Bertz CT molecular complexity index is 666. The lowest BCUT2D eigenvalue weighted by molar-refractivity contribution is -0.122. The Morgan fingerprint density at radius 3 is 2.52 bits per heavy atom. The Morgan fingerprint density at radius 2 is 1.87 bits per heavy atom. The maximum atomic E-state index is 12.3. The van der Waals surface area contributed by atoms with Crippen LogP contribution in [0.5, 0.6) is 0 Å². The number of aliphatic hydroxyl groups excluding tert-OH is 1. The number of carbonyl (C=O) groups is 1. The summed E-state index contributed by atoms with van der Waals surface area (Å²) in [5.74, 6) is -0.0112. The first-order valence-corrected chi connectivity index (χ1v) is 8.02. The molecule has 2 aromatic rings. The molecule has 3 N–H and O–H groups in total. The van der Waals surface area contributed by atoms with E-state index in [0.29, 0.717) is 0 Å². The van der Waals surface area contributed by atoms with Crippen LogP contribution in [-0.4, -0.2) is 17.6 Å². The molecule has 0 bridgehead atoms. The Balaban J connectivity index is 1.60. The molecule has 2 aromatic carbocycles. The third kappa shape index (κ3) is 3.54. The molecule has 120 valence electrons. The van der Waals surface area contributed by atoms with Gasteiger partial charge in [-0.15, -0.1) is 0 Å². The zero-order valence-corrected chi connectivity index (χ0v) is 13.1. The first-order chi connectivity index (χ1) is 11.2. The first kappa shape index (κ1) is 15.6. The zero-order valence-electron chi connectivity index (χ0n) is 13.1. The fourth-order valence-electron chi connectivity index (χ4n) is 3.05. The molecule has 4 nitrogen and oxygen atoms in total. The van der Waals surface area contributed by atoms with Crippen LogP contribution in [0.25, 0.3) is 0 Å². The van der Waals surface area contributed by atoms with Gasteiger partial charge in [-0.2, -0.15) is 0 Å². The summed E-state index contributed by atoms with van der Waals surface area (Å²) in [6.07, 6.45) is 3.12. The van der Waals surface area contributed by atoms with Crippen LogP contribution >= 0.6 is 0 Å². The number of nitrogens with one attached hydrogen (secondary N) is 2. The van der Waals surface area contributed by atoms with Crippen LogP contribution < -0.4 is 10.6 Å². The van der Waals surface area contributed by atoms with E-state index in [1.54, 1.807) is 0 Å². The van der Waals surface area contributed by atoms with Gasteiger partial charge in [0.15, 0.2) is 0 Å². The molecular weight excluding hydrogens is 288 g/mol. The fourth-order valence-corrected chi connectivity index (χ4v) is 3.05. The molecule has 23 heavy (non-hydrogen) atoms. The van der Waals surface area contributed by atoms with Gasteiger partial charge in [-0.05, 0) is 42.5 Å². The van der Waals surface area contributed by atoms with Gasteiger partial charge in [0.2, 0.25) is 5.91 Å². The van der Waals surface area contributed by atoms with E-state index < -0.39 is 0 Å². The summed E-state index contributed by atoms with van der Waals surface area (Å²) in [5.41, 5.74) is 2.65. The molecule has 1 amide bonds. The van der Waals surface area contributed by atoms with E-state index in [0.717, 1.165) is 30.5 Å². The molecule has 1 fully saturated rings. The van der Waals surface area contributed by atoms with Crippen molar-refractivity contribution in [3.63, 3.8) is 0 Å². The summed E-state index contributed by atoms with van der Waals surface area (Å²) in [4.78, 5) is 12.3. The minimum atomic E-state index is -0.201. The van der Waals surface area contributed by atoms with Gasteiger partial charge in [0.05, 0.1) is 18.7 Å². The van der Waals surface area contributed by atoms with Gasteiger partial charge in [-0.1, -0.05) is 42.5 Å². The van der Waals surface area contributed by atoms with E-state index >= 15 is 0 Å². The second kappa shape index (κ2) is 6.84. The quantitative estimate of drug-likeness (QED) is 0.769. The standard InChI is InChI=1S/C19H22N2O2/c22-14-15-6-4-9-17(12-15)20-13-18(23)21-19(10-5-11-19)16-7-2-1-3-8-16/h1-4,6-9,12,20,22H,5,10-11,13-14H2,(H,21,23). The van der Waals surface area contributed by atoms with Crippen molar-refractivity contribution >= 4 is 11.6 Å². The lowest BCUT2D eigenvalue weighted by atomic mass is 9.72. The summed E-state index contributed by atoms with van der Waals surface area (Å²) >= 11 is 0. The van der Waals surface area contributed by atoms with Crippen molar-refractivity contribution in [1.82, 2.24) is 5.32 Å². The van der Waals surface area contributed by atoms with Crippen LogP contribution in [0.1, 0.15) is 30.4 Å². The predicted octanol–water partition coefficient (Wildman–Crippen LogP) is 2.79. The van der Waals surface area contributed by atoms with Crippen LogP contribution in [0.3, 0.4) is 0 Å². The highest BCUT2D eigenvalue weighted by Crippen LogP contribution is 2.41. The number of carbonyl (C=O) groups excluding carboxylic acids is 1. The van der Waals surface area contributed by atoms with Gasteiger partial charge in [-0.25, -0.2) is 0 Å². The van der Waals surface area contributed by atoms with Crippen LogP contribution in [0.4, 0.5) is 5.69 Å². The summed E-state index contributed by atoms with van der Waals surface area (Å²) in [5, 5.41) is 15.5. The van der Waals surface area contributed by atoms with Gasteiger partial charge in [0.25, 0.3) is 0 Å². The van der Waals surface area contributed by atoms with Crippen LogP contribution in [0, 0.1) is 0 Å². The molecule has 0 saturated heterocycles. The molecule has 0 radical (unpaired) electrons. The molecule has 4 heteroatoms. The number of anilines is 1. The van der Waals surface area contributed by atoms with Crippen molar-refractivity contribution < 1.29 is 9.90 Å². The smallest absolute Gasteiger partial charge is 0.239 e. The Hall–Kier alpha value is -2.33. The normalized spacial score (nSPS) is 15.5. The van der Waals surface area contributed by atoms with Crippen LogP contribution in [0.15, 0.2) is 54.6 Å². The second-order valence-corrected chi connectivity index (χ2v) is 6.06. The van der Waals surface area contributed by atoms with E-state index in [4.69, 9.17) is 5.11 Å². The minimum absolute atomic E-state index is 0.00116. The summed E-state index contributed by atoms with van der Waals surface area (Å²) in [6, 6.07) is 17.6. The first-order valence-electron chi connectivity index (χ1n) is 8.02.